The van der Waals surface area contributed by atoms with Crippen LogP contribution in [0, 0.1) is 0 Å². The molecule has 0 radical (unpaired) electrons. The highest BCUT2D eigenvalue weighted by molar-refractivity contribution is 6.30. The fourth-order valence-electron chi connectivity index (χ4n) is 2.75. The van der Waals surface area contributed by atoms with Crippen LogP contribution in [0.5, 0.6) is 0 Å². The molecule has 1 aliphatic heterocycles. The van der Waals surface area contributed by atoms with Crippen LogP contribution in [-0.4, -0.2) is 29.5 Å². The molecule has 4 rings (SSSR count). The zero-order chi connectivity index (χ0) is 17.6. The van der Waals surface area contributed by atoms with Gasteiger partial charge >= 0.3 is 0 Å². The maximum Gasteiger partial charge on any atom is 0.154 e. The Morgan fingerprint density at radius 1 is 1.04 bits per heavy atom. The number of nitrogens with two attached hydrogens (primary N) is 1. The first-order valence-corrected chi connectivity index (χ1v) is 8.64. The fraction of sp³-hybridized carbons (Fsp3) is 0.263. The van der Waals surface area contributed by atoms with Crippen molar-refractivity contribution in [1.82, 2.24) is 15.5 Å². The minimum absolute atomic E-state index is 0.448. The molecule has 0 bridgehead atoms. The van der Waals surface area contributed by atoms with Crippen LogP contribution in [0.3, 0.4) is 0 Å². The summed E-state index contributed by atoms with van der Waals surface area (Å²) in [5.74, 6) is 0.448. The number of nitrogens with one attached hydrogen (secondary N) is 1. The van der Waals surface area contributed by atoms with E-state index in [-0.39, 0.29) is 0 Å². The van der Waals surface area contributed by atoms with Crippen LogP contribution in [0.2, 0.25) is 5.02 Å². The highest BCUT2D eigenvalue weighted by Gasteiger charge is 2.09. The number of nitrogens with zero attached hydrogens (tertiary/aromatic N) is 2. The highest BCUT2D eigenvalue weighted by atomic mass is 35.5. The predicted molar refractivity (Wildman–Crippen MR) is 101 cm³/mol. The van der Waals surface area contributed by atoms with Crippen molar-refractivity contribution in [2.45, 2.75) is 19.0 Å². The van der Waals surface area contributed by atoms with Crippen LogP contribution in [0.15, 0.2) is 48.5 Å². The molecule has 1 unspecified atom stereocenters. The first-order chi connectivity index (χ1) is 12.1. The van der Waals surface area contributed by atoms with Crippen molar-refractivity contribution in [3.63, 3.8) is 0 Å². The van der Waals surface area contributed by atoms with Crippen LogP contribution in [0.4, 0.5) is 10.2 Å². The van der Waals surface area contributed by atoms with Crippen LogP contribution in [-0.2, 0) is 0 Å². The summed E-state index contributed by atoms with van der Waals surface area (Å²) in [5, 5.41) is 13.8. The van der Waals surface area contributed by atoms with Crippen LogP contribution in [0.1, 0.15) is 12.8 Å². The lowest BCUT2D eigenvalue weighted by atomic mass is 10.0. The Bertz CT molecular complexity index is 832. The number of benzene rings is 2. The van der Waals surface area contributed by atoms with Gasteiger partial charge in [0.1, 0.15) is 11.9 Å². The van der Waals surface area contributed by atoms with Gasteiger partial charge in [0.2, 0.25) is 0 Å². The normalized spacial score (nSPS) is 17.0. The zero-order valence-electron chi connectivity index (χ0n) is 13.8. The average molecular weight is 359 g/mol. The van der Waals surface area contributed by atoms with Crippen molar-refractivity contribution in [3.05, 3.63) is 53.6 Å². The van der Waals surface area contributed by atoms with E-state index in [0.29, 0.717) is 17.4 Å². The third-order valence-corrected chi connectivity index (χ3v) is 4.32. The van der Waals surface area contributed by atoms with E-state index in [9.17, 15) is 4.39 Å². The van der Waals surface area contributed by atoms with Gasteiger partial charge < -0.3 is 11.1 Å². The third kappa shape index (κ3) is 4.44. The maximum atomic E-state index is 12.1. The first kappa shape index (κ1) is 17.6. The molecule has 0 spiro atoms. The molecule has 1 aromatic heterocycles. The number of piperidine rings is 1. The van der Waals surface area contributed by atoms with Gasteiger partial charge in [0, 0.05) is 27.9 Å². The second kappa shape index (κ2) is 8.23. The van der Waals surface area contributed by atoms with Gasteiger partial charge in [-0.1, -0.05) is 48.0 Å². The predicted octanol–water partition coefficient (Wildman–Crippen LogP) is 4.24. The van der Waals surface area contributed by atoms with E-state index in [0.717, 1.165) is 41.4 Å². The molecular weight excluding hydrogens is 339 g/mol. The van der Waals surface area contributed by atoms with Gasteiger partial charge in [-0.15, -0.1) is 10.2 Å². The molecule has 1 saturated heterocycles. The number of anilines is 1. The average Bonchev–Trinajstić information content (AvgIpc) is 2.65. The molecule has 3 N–H and O–H groups in total. The molecule has 0 amide bonds. The van der Waals surface area contributed by atoms with Crippen LogP contribution >= 0.6 is 11.6 Å². The zero-order valence-corrected chi connectivity index (χ0v) is 14.5. The van der Waals surface area contributed by atoms with Crippen LogP contribution < -0.4 is 11.1 Å². The number of hydrogen-bond donors (Lipinski definition) is 2. The Morgan fingerprint density at radius 3 is 2.36 bits per heavy atom. The summed E-state index contributed by atoms with van der Waals surface area (Å²) in [6.45, 7) is 1.57. The molecule has 2 aromatic carbocycles. The Morgan fingerprint density at radius 2 is 1.76 bits per heavy atom. The molecule has 1 fully saturated rings. The molecular formula is C19H20ClFN4. The van der Waals surface area contributed by atoms with E-state index in [1.54, 1.807) is 0 Å². The lowest BCUT2D eigenvalue weighted by molar-refractivity contribution is 0.266. The van der Waals surface area contributed by atoms with Gasteiger partial charge in [0.25, 0.3) is 0 Å². The number of hydrogen-bond acceptors (Lipinski definition) is 4. The van der Waals surface area contributed by atoms with Crippen molar-refractivity contribution >= 4 is 28.2 Å². The molecule has 0 aliphatic carbocycles. The summed E-state index contributed by atoms with van der Waals surface area (Å²) in [7, 11) is 0. The molecule has 2 heterocycles. The Balaban J connectivity index is 0.000000219. The molecule has 1 aliphatic rings. The molecule has 1 atom stereocenters. The monoisotopic (exact) mass is 358 g/mol. The van der Waals surface area contributed by atoms with Crippen molar-refractivity contribution in [3.8, 4) is 11.3 Å². The summed E-state index contributed by atoms with van der Waals surface area (Å²) < 4.78 is 12.1. The minimum Gasteiger partial charge on any atom is -0.382 e. The van der Waals surface area contributed by atoms with E-state index in [4.69, 9.17) is 17.3 Å². The fourth-order valence-corrected chi connectivity index (χ4v) is 2.88. The summed E-state index contributed by atoms with van der Waals surface area (Å²) in [6, 6.07) is 15.4. The lowest BCUT2D eigenvalue weighted by Crippen LogP contribution is -2.30. The third-order valence-electron chi connectivity index (χ3n) is 4.07. The van der Waals surface area contributed by atoms with Crippen molar-refractivity contribution in [1.29, 1.82) is 0 Å². The number of aromatic nitrogens is 2. The van der Waals surface area contributed by atoms with E-state index in [2.05, 4.69) is 15.5 Å². The van der Waals surface area contributed by atoms with E-state index in [1.165, 1.54) is 0 Å². The molecule has 25 heavy (non-hydrogen) atoms. The van der Waals surface area contributed by atoms with Crippen LogP contribution in [0.25, 0.3) is 22.0 Å². The largest absolute Gasteiger partial charge is 0.382 e. The molecule has 4 nitrogen and oxygen atoms in total. The molecule has 6 heteroatoms. The summed E-state index contributed by atoms with van der Waals surface area (Å²) in [5.41, 5.74) is 7.62. The number of nitrogen functional groups attached to an aromatic ring is 1. The van der Waals surface area contributed by atoms with Crippen molar-refractivity contribution in [2.75, 3.05) is 18.8 Å². The Hall–Kier alpha value is -2.24. The Labute approximate surface area is 151 Å². The van der Waals surface area contributed by atoms with Gasteiger partial charge in [-0.05, 0) is 31.5 Å². The lowest BCUT2D eigenvalue weighted by Gasteiger charge is -2.14. The number of rotatable bonds is 1. The summed E-state index contributed by atoms with van der Waals surface area (Å²) >= 11 is 5.89. The number of alkyl halides is 1. The van der Waals surface area contributed by atoms with E-state index < -0.39 is 6.17 Å². The van der Waals surface area contributed by atoms with Gasteiger partial charge in [0.05, 0.1) is 0 Å². The van der Waals surface area contributed by atoms with Crippen molar-refractivity contribution in [2.24, 2.45) is 0 Å². The van der Waals surface area contributed by atoms with Crippen molar-refractivity contribution < 1.29 is 4.39 Å². The highest BCUT2D eigenvalue weighted by Crippen LogP contribution is 2.28. The molecule has 3 aromatic rings. The molecule has 130 valence electrons. The SMILES string of the molecule is FC1CCCNC1.Nc1nnc(-c2ccc(Cl)cc2)c2ccccc12. The van der Waals surface area contributed by atoms with Gasteiger partial charge in [-0.25, -0.2) is 4.39 Å². The number of halogens is 2. The summed E-state index contributed by atoms with van der Waals surface area (Å²) in [6.07, 6.45) is 1.18. The first-order valence-electron chi connectivity index (χ1n) is 8.27. The minimum atomic E-state index is -0.575. The van der Waals surface area contributed by atoms with E-state index >= 15 is 0 Å². The Kier molecular flexibility index (Phi) is 5.79. The van der Waals surface area contributed by atoms with Gasteiger partial charge in [-0.2, -0.15) is 0 Å². The van der Waals surface area contributed by atoms with E-state index in [1.807, 2.05) is 48.5 Å². The van der Waals surface area contributed by atoms with Gasteiger partial charge in [0.15, 0.2) is 5.82 Å². The maximum absolute atomic E-state index is 12.1. The summed E-state index contributed by atoms with van der Waals surface area (Å²) in [4.78, 5) is 0. The second-order valence-corrected chi connectivity index (χ2v) is 6.37. The topological polar surface area (TPSA) is 63.8 Å². The second-order valence-electron chi connectivity index (χ2n) is 5.93. The quantitative estimate of drug-likeness (QED) is 0.683. The molecule has 0 saturated carbocycles. The van der Waals surface area contributed by atoms with Gasteiger partial charge in [-0.3, -0.25) is 0 Å². The smallest absolute Gasteiger partial charge is 0.154 e. The standard InChI is InChI=1S/C14H10ClN3.C5H10FN/c15-10-7-5-9(6-8-10)13-11-3-1-2-4-12(11)14(16)18-17-13;6-5-2-1-3-7-4-5/h1-8H,(H2,16,18);5,7H,1-4H2. The number of fused-ring (bicyclic) bond motifs is 1.